The largest absolute Gasteiger partial charge is 0.465 e. The molecule has 4 aromatic rings. The number of aromatic nitrogens is 1. The lowest BCUT2D eigenvalue weighted by atomic mass is 10.2. The molecule has 0 atom stereocenters. The van der Waals surface area contributed by atoms with Crippen LogP contribution in [0.3, 0.4) is 0 Å². The highest BCUT2D eigenvalue weighted by Gasteiger charge is 2.18. The fourth-order valence-electron chi connectivity index (χ4n) is 3.14. The standard InChI is InChI=1S/C22H17ClN2O5S2/c1-30-21(26)15-4-8-17(9-5-15)24-32(28,29)18-10-11-19-20(12-18)31-22(27)25(19)13-14-2-6-16(23)7-3-14/h2-12,24H,13H2,1H3. The quantitative estimate of drug-likeness (QED) is 0.407. The van der Waals surface area contributed by atoms with Crippen molar-refractivity contribution in [3.05, 3.63) is 92.5 Å². The van der Waals surface area contributed by atoms with Gasteiger partial charge in [0.25, 0.3) is 10.0 Å². The molecule has 0 bridgehead atoms. The van der Waals surface area contributed by atoms with Crippen LogP contribution in [0.4, 0.5) is 5.69 Å². The van der Waals surface area contributed by atoms with Gasteiger partial charge in [-0.25, -0.2) is 13.2 Å². The van der Waals surface area contributed by atoms with Crippen LogP contribution in [-0.2, 0) is 21.3 Å². The number of rotatable bonds is 6. The van der Waals surface area contributed by atoms with Gasteiger partial charge in [-0.3, -0.25) is 14.1 Å². The Kier molecular flexibility index (Phi) is 6.05. The van der Waals surface area contributed by atoms with Gasteiger partial charge in [-0.15, -0.1) is 0 Å². The number of ether oxygens (including phenoxy) is 1. The summed E-state index contributed by atoms with van der Waals surface area (Å²) >= 11 is 6.90. The van der Waals surface area contributed by atoms with Crippen LogP contribution in [0.1, 0.15) is 15.9 Å². The van der Waals surface area contributed by atoms with Crippen molar-refractivity contribution in [2.45, 2.75) is 11.4 Å². The summed E-state index contributed by atoms with van der Waals surface area (Å²) in [6.07, 6.45) is 0. The second kappa shape index (κ2) is 8.78. The van der Waals surface area contributed by atoms with Crippen molar-refractivity contribution in [3.63, 3.8) is 0 Å². The highest BCUT2D eigenvalue weighted by molar-refractivity contribution is 7.92. The summed E-state index contributed by atoms with van der Waals surface area (Å²) in [6.45, 7) is 0.354. The van der Waals surface area contributed by atoms with Gasteiger partial charge in [0.05, 0.1) is 34.3 Å². The molecular formula is C22H17ClN2O5S2. The molecule has 1 N–H and O–H groups in total. The molecule has 0 aliphatic heterocycles. The highest BCUT2D eigenvalue weighted by atomic mass is 35.5. The van der Waals surface area contributed by atoms with Crippen LogP contribution in [0.2, 0.25) is 5.02 Å². The van der Waals surface area contributed by atoms with Crippen LogP contribution in [0.25, 0.3) is 10.2 Å². The van der Waals surface area contributed by atoms with Crippen molar-refractivity contribution < 1.29 is 17.9 Å². The molecule has 0 radical (unpaired) electrons. The molecule has 0 saturated heterocycles. The number of sulfonamides is 1. The molecule has 0 saturated carbocycles. The Morgan fingerprint density at radius 1 is 1.06 bits per heavy atom. The fourth-order valence-corrected chi connectivity index (χ4v) is 5.36. The normalized spacial score (nSPS) is 11.4. The molecule has 1 heterocycles. The summed E-state index contributed by atoms with van der Waals surface area (Å²) in [4.78, 5) is 23.9. The van der Waals surface area contributed by atoms with Crippen LogP contribution >= 0.6 is 22.9 Å². The van der Waals surface area contributed by atoms with Gasteiger partial charge >= 0.3 is 10.8 Å². The molecule has 0 unspecified atom stereocenters. The Morgan fingerprint density at radius 2 is 1.75 bits per heavy atom. The van der Waals surface area contributed by atoms with Gasteiger partial charge in [-0.05, 0) is 60.2 Å². The minimum absolute atomic E-state index is 0.0296. The molecule has 0 amide bonds. The van der Waals surface area contributed by atoms with E-state index in [-0.39, 0.29) is 9.77 Å². The monoisotopic (exact) mass is 488 g/mol. The van der Waals surface area contributed by atoms with Crippen LogP contribution in [0.5, 0.6) is 0 Å². The average molecular weight is 489 g/mol. The van der Waals surface area contributed by atoms with E-state index in [9.17, 15) is 18.0 Å². The minimum Gasteiger partial charge on any atom is -0.465 e. The SMILES string of the molecule is COC(=O)c1ccc(NS(=O)(=O)c2ccc3c(c2)sc(=O)n3Cc2ccc(Cl)cc2)cc1. The first-order chi connectivity index (χ1) is 15.3. The van der Waals surface area contributed by atoms with E-state index in [4.69, 9.17) is 11.6 Å². The van der Waals surface area contributed by atoms with Gasteiger partial charge in [0.2, 0.25) is 0 Å². The number of hydrogen-bond donors (Lipinski definition) is 1. The minimum atomic E-state index is -3.90. The molecule has 32 heavy (non-hydrogen) atoms. The number of carbonyl (C=O) groups is 1. The zero-order valence-electron chi connectivity index (χ0n) is 16.7. The Bertz CT molecular complexity index is 1460. The van der Waals surface area contributed by atoms with Crippen molar-refractivity contribution in [1.29, 1.82) is 0 Å². The van der Waals surface area contributed by atoms with Crippen LogP contribution in [0, 0.1) is 0 Å². The van der Waals surface area contributed by atoms with Gasteiger partial charge in [0, 0.05) is 10.7 Å². The summed E-state index contributed by atoms with van der Waals surface area (Å²) in [6, 6.07) is 17.6. The number of anilines is 1. The number of nitrogens with zero attached hydrogens (tertiary/aromatic N) is 1. The first-order valence-corrected chi connectivity index (χ1v) is 12.0. The summed E-state index contributed by atoms with van der Waals surface area (Å²) in [7, 11) is -2.63. The zero-order valence-corrected chi connectivity index (χ0v) is 19.1. The average Bonchev–Trinajstić information content (AvgIpc) is 3.09. The smallest absolute Gasteiger partial charge is 0.337 e. The maximum Gasteiger partial charge on any atom is 0.337 e. The first kappa shape index (κ1) is 22.1. The van der Waals surface area contributed by atoms with E-state index in [2.05, 4.69) is 9.46 Å². The second-order valence-corrected chi connectivity index (χ2v) is 10.00. The van der Waals surface area contributed by atoms with Gasteiger partial charge in [0.15, 0.2) is 0 Å². The van der Waals surface area contributed by atoms with Gasteiger partial charge < -0.3 is 4.74 Å². The number of esters is 1. The van der Waals surface area contributed by atoms with E-state index in [1.807, 2.05) is 12.1 Å². The number of methoxy groups -OCH3 is 1. The van der Waals surface area contributed by atoms with Gasteiger partial charge in [0.1, 0.15) is 0 Å². The molecule has 7 nitrogen and oxygen atoms in total. The maximum absolute atomic E-state index is 12.8. The van der Waals surface area contributed by atoms with E-state index in [0.29, 0.717) is 33.0 Å². The van der Waals surface area contributed by atoms with Crippen LogP contribution in [-0.4, -0.2) is 26.1 Å². The van der Waals surface area contributed by atoms with Crippen molar-refractivity contribution in [2.24, 2.45) is 0 Å². The predicted molar refractivity (Wildman–Crippen MR) is 125 cm³/mol. The van der Waals surface area contributed by atoms with Gasteiger partial charge in [-0.2, -0.15) is 0 Å². The van der Waals surface area contributed by atoms with E-state index in [1.165, 1.54) is 43.5 Å². The Morgan fingerprint density at radius 3 is 2.41 bits per heavy atom. The molecule has 3 aromatic carbocycles. The summed E-state index contributed by atoms with van der Waals surface area (Å²) in [5.41, 5.74) is 2.16. The van der Waals surface area contributed by atoms with Crippen molar-refractivity contribution in [3.8, 4) is 0 Å². The molecule has 0 aliphatic rings. The molecular weight excluding hydrogens is 472 g/mol. The number of halogens is 1. The number of thiazole rings is 1. The predicted octanol–water partition coefficient (Wildman–Crippen LogP) is 4.35. The third-order valence-corrected chi connectivity index (χ3v) is 7.34. The van der Waals surface area contributed by atoms with Gasteiger partial charge in [-0.1, -0.05) is 35.1 Å². The van der Waals surface area contributed by atoms with E-state index in [0.717, 1.165) is 16.9 Å². The maximum atomic E-state index is 12.8. The fraction of sp³-hybridized carbons (Fsp3) is 0.0909. The van der Waals surface area contributed by atoms with E-state index >= 15 is 0 Å². The van der Waals surface area contributed by atoms with Crippen molar-refractivity contribution >= 4 is 54.8 Å². The molecule has 0 aliphatic carbocycles. The molecule has 10 heteroatoms. The zero-order chi connectivity index (χ0) is 22.9. The number of carbonyl (C=O) groups excluding carboxylic acids is 1. The molecule has 164 valence electrons. The van der Waals surface area contributed by atoms with Crippen LogP contribution in [0.15, 0.2) is 76.4 Å². The number of hydrogen-bond acceptors (Lipinski definition) is 6. The lowest BCUT2D eigenvalue weighted by molar-refractivity contribution is 0.0600. The third-order valence-electron chi connectivity index (χ3n) is 4.76. The topological polar surface area (TPSA) is 94.5 Å². The lowest BCUT2D eigenvalue weighted by Gasteiger charge is -2.09. The summed E-state index contributed by atoms with van der Waals surface area (Å²) in [5, 5.41) is 0.610. The second-order valence-electron chi connectivity index (χ2n) is 6.88. The van der Waals surface area contributed by atoms with E-state index < -0.39 is 16.0 Å². The van der Waals surface area contributed by atoms with Crippen LogP contribution < -0.4 is 9.60 Å². The Hall–Kier alpha value is -3.14. The molecule has 4 rings (SSSR count). The van der Waals surface area contributed by atoms with Crippen molar-refractivity contribution in [2.75, 3.05) is 11.8 Å². The number of fused-ring (bicyclic) bond motifs is 1. The molecule has 0 spiro atoms. The number of nitrogens with one attached hydrogen (secondary N) is 1. The van der Waals surface area contributed by atoms with E-state index in [1.54, 1.807) is 22.8 Å². The van der Waals surface area contributed by atoms with Crippen molar-refractivity contribution in [1.82, 2.24) is 4.57 Å². The third kappa shape index (κ3) is 4.55. The lowest BCUT2D eigenvalue weighted by Crippen LogP contribution is -2.14. The summed E-state index contributed by atoms with van der Waals surface area (Å²) < 4.78 is 34.9. The highest BCUT2D eigenvalue weighted by Crippen LogP contribution is 2.24. The molecule has 1 aromatic heterocycles. The Labute approximate surface area is 192 Å². The number of benzene rings is 3. The molecule has 0 fully saturated rings. The first-order valence-electron chi connectivity index (χ1n) is 9.36. The summed E-state index contributed by atoms with van der Waals surface area (Å²) in [5.74, 6) is -0.511. The Balaban J connectivity index is 1.61.